The van der Waals surface area contributed by atoms with Crippen LogP contribution in [0.25, 0.3) is 137 Å². The van der Waals surface area contributed by atoms with Gasteiger partial charge in [0.1, 0.15) is 0 Å². The summed E-state index contributed by atoms with van der Waals surface area (Å²) in [6, 6.07) is 158. The van der Waals surface area contributed by atoms with E-state index in [-0.39, 0.29) is 0 Å². The molecule has 23 aromatic rings. The molecule has 1 N–H and O–H groups in total. The average Bonchev–Trinajstić information content (AvgIpc) is 1.52. The van der Waals surface area contributed by atoms with Gasteiger partial charge in [0.05, 0.1) is 72.2 Å². The van der Waals surface area contributed by atoms with Gasteiger partial charge in [-0.15, -0.1) is 0 Å². The molecule has 0 radical (unpaired) electrons. The van der Waals surface area contributed by atoms with E-state index in [9.17, 15) is 0 Å². The van der Waals surface area contributed by atoms with Gasteiger partial charge in [0, 0.05) is 120 Å². The Morgan fingerprint density at radius 3 is 0.754 bits per heavy atom. The lowest BCUT2D eigenvalue weighted by Gasteiger charge is -2.30. The molecule has 18 aromatic carbocycles. The molecule has 0 unspecified atom stereocenters. The molecule has 23 rings (SSSR count). The Bertz CT molecular complexity index is 7340. The highest BCUT2D eigenvalue weighted by Gasteiger charge is 2.25. The van der Waals surface area contributed by atoms with Crippen LogP contribution in [0.2, 0.25) is 0 Å². The molecule has 0 saturated heterocycles. The van der Waals surface area contributed by atoms with Gasteiger partial charge in [0.25, 0.3) is 0 Å². The van der Waals surface area contributed by atoms with Crippen LogP contribution in [0.1, 0.15) is 0 Å². The van der Waals surface area contributed by atoms with Crippen molar-refractivity contribution in [1.82, 2.24) is 22.8 Å². The molecule has 10 heteroatoms. The number of hydrogen-bond donors (Lipinski definition) is 1. The molecule has 5 aromatic heterocycles. The molecule has 0 aliphatic carbocycles. The molecule has 560 valence electrons. The van der Waals surface area contributed by atoms with Gasteiger partial charge in [0.15, 0.2) is 0 Å². The minimum absolute atomic E-state index is 1.03. The van der Waals surface area contributed by atoms with Gasteiger partial charge in [-0.1, -0.05) is 268 Å². The van der Waals surface area contributed by atoms with Crippen molar-refractivity contribution >= 4 is 186 Å². The molecule has 0 bridgehead atoms. The molecule has 5 heterocycles. The van der Waals surface area contributed by atoms with Gasteiger partial charge in [-0.3, -0.25) is 0 Å². The second-order valence-electron chi connectivity index (χ2n) is 29.6. The molecule has 8 nitrogen and oxygen atoms in total. The number of fused-ring (bicyclic) bond motifs is 15. The van der Waals surface area contributed by atoms with Gasteiger partial charge in [-0.2, -0.15) is 0 Å². The summed E-state index contributed by atoms with van der Waals surface area (Å²) in [4.78, 5) is 4.85. The van der Waals surface area contributed by atoms with E-state index in [0.29, 0.717) is 0 Å². The van der Waals surface area contributed by atoms with Gasteiger partial charge in [-0.25, -0.2) is 0 Å². The summed E-state index contributed by atoms with van der Waals surface area (Å²) in [6.07, 6.45) is 0. The predicted octanol–water partition coefficient (Wildman–Crippen LogP) is 30.8. The summed E-state index contributed by atoms with van der Waals surface area (Å²) in [5.41, 5.74) is 26.0. The molecule has 0 fully saturated rings. The van der Waals surface area contributed by atoms with E-state index < -0.39 is 0 Å². The van der Waals surface area contributed by atoms with Crippen LogP contribution in [-0.2, 0) is 0 Å². The normalized spacial score (nSPS) is 11.5. The third-order valence-corrected chi connectivity index (χ3v) is 23.5. The van der Waals surface area contributed by atoms with Crippen molar-refractivity contribution in [2.75, 3.05) is 15.1 Å². The van der Waals surface area contributed by atoms with E-state index >= 15 is 0 Å². The zero-order chi connectivity index (χ0) is 78.6. The van der Waals surface area contributed by atoms with Crippen molar-refractivity contribution in [2.45, 2.75) is 0 Å². The fraction of sp³-hybridized carbons (Fsp3) is 0. The Morgan fingerprint density at radius 1 is 0.161 bits per heavy atom. The van der Waals surface area contributed by atoms with Crippen LogP contribution >= 0.6 is 31.9 Å². The summed E-state index contributed by atoms with van der Waals surface area (Å²) < 4.78 is 14.0. The van der Waals surface area contributed by atoms with Crippen LogP contribution in [0.3, 0.4) is 0 Å². The second kappa shape index (κ2) is 30.6. The van der Waals surface area contributed by atoms with Gasteiger partial charge in [0.2, 0.25) is 0 Å². The van der Waals surface area contributed by atoms with E-state index in [2.05, 4.69) is 494 Å². The molecular weight excluding hydrogens is 1570 g/mol. The molecule has 0 atom stereocenters. The van der Waals surface area contributed by atoms with Gasteiger partial charge in [-0.05, 0) is 206 Å². The molecule has 0 aliphatic rings. The highest BCUT2D eigenvalue weighted by molar-refractivity contribution is 9.11. The maximum Gasteiger partial charge on any atom is 0.0542 e. The van der Waals surface area contributed by atoms with E-state index in [4.69, 9.17) is 0 Å². The quantitative estimate of drug-likeness (QED) is 0.125. The highest BCUT2D eigenvalue weighted by Crippen LogP contribution is 2.48. The third-order valence-electron chi connectivity index (χ3n) is 22.6. The van der Waals surface area contributed by atoms with Crippen LogP contribution in [0.15, 0.2) is 452 Å². The van der Waals surface area contributed by atoms with E-state index in [1.807, 2.05) is 18.2 Å². The Kier molecular flexibility index (Phi) is 18.4. The van der Waals surface area contributed by atoms with Crippen LogP contribution in [0.4, 0.5) is 45.5 Å². The lowest BCUT2D eigenvalue weighted by Crippen LogP contribution is -2.14. The van der Waals surface area contributed by atoms with Gasteiger partial charge < -0.3 is 38.0 Å². The number of halogens is 2. The van der Waals surface area contributed by atoms with Crippen LogP contribution in [0.5, 0.6) is 0 Å². The fourth-order valence-corrected chi connectivity index (χ4v) is 18.9. The molecule has 0 saturated carbocycles. The van der Waals surface area contributed by atoms with Crippen LogP contribution in [-0.4, -0.2) is 22.8 Å². The summed E-state index contributed by atoms with van der Waals surface area (Å²) >= 11 is 7.17. The Morgan fingerprint density at radius 2 is 0.415 bits per heavy atom. The summed E-state index contributed by atoms with van der Waals surface area (Å²) in [5.74, 6) is 0. The summed E-state index contributed by atoms with van der Waals surface area (Å²) in [6.45, 7) is 0. The summed E-state index contributed by atoms with van der Waals surface area (Å²) in [7, 11) is 0. The first-order valence-electron chi connectivity index (χ1n) is 39.8. The first kappa shape index (κ1) is 71.1. The first-order valence-corrected chi connectivity index (χ1v) is 41.3. The van der Waals surface area contributed by atoms with Crippen molar-refractivity contribution in [1.29, 1.82) is 0 Å². The molecule has 0 aliphatic heterocycles. The monoisotopic (exact) mass is 1640 g/mol. The van der Waals surface area contributed by atoms with Crippen molar-refractivity contribution in [2.24, 2.45) is 0 Å². The topological polar surface area (TPSA) is 43.2 Å². The number of benzene rings is 18. The molecule has 0 amide bonds. The minimum Gasteiger partial charge on any atom is -0.356 e. The first-order chi connectivity index (χ1) is 58.4. The number of nitrogens with one attached hydrogen (secondary N) is 1. The number of rotatable bonds is 13. The SMILES string of the molecule is Brc1cc(Br)cc(-n2c3ccccc3c3ccccc32)c1.c1ccc(N(c2cc(N(c3ccccc3)c3ccc4c(c3)c3ccccc3n4-c3ccccc3)cc(-n3c4ccccc4c4ccccc43)c2)c2ccc3c(c2)c2ccccc2n3-c2ccccc2)cc1.c1ccc(Nc2ccc3c(c2)c2ccccc2n3-c2ccccc2)cc1. The molecular formula is C108H74Br2N8. The number of anilines is 8. The smallest absolute Gasteiger partial charge is 0.0542 e. The Hall–Kier alpha value is -14.7. The summed E-state index contributed by atoms with van der Waals surface area (Å²) in [5, 5.41) is 15.8. The second-order valence-corrected chi connectivity index (χ2v) is 31.4. The van der Waals surface area contributed by atoms with Crippen molar-refractivity contribution < 1.29 is 0 Å². The lowest BCUT2D eigenvalue weighted by molar-refractivity contribution is 1.16. The number of nitrogens with zero attached hydrogens (tertiary/aromatic N) is 7. The van der Waals surface area contributed by atoms with Crippen LogP contribution < -0.4 is 15.1 Å². The predicted molar refractivity (Wildman–Crippen MR) is 506 cm³/mol. The zero-order valence-electron chi connectivity index (χ0n) is 64.0. The highest BCUT2D eigenvalue weighted by atomic mass is 79.9. The third kappa shape index (κ3) is 12.9. The van der Waals surface area contributed by atoms with E-state index in [1.54, 1.807) is 0 Å². The fourth-order valence-electron chi connectivity index (χ4n) is 17.6. The van der Waals surface area contributed by atoms with Crippen LogP contribution in [0, 0.1) is 0 Å². The largest absolute Gasteiger partial charge is 0.356 e. The number of para-hydroxylation sites is 13. The number of hydrogen-bond acceptors (Lipinski definition) is 3. The van der Waals surface area contributed by atoms with E-state index in [0.717, 1.165) is 99.3 Å². The lowest BCUT2D eigenvalue weighted by atomic mass is 10.1. The minimum atomic E-state index is 1.03. The maximum atomic E-state index is 3.58. The number of aromatic nitrogens is 5. The standard InChI is InChI=1S/C66H45N5.C24H18N2.C18H11Br2N/c1-5-21-46(22-6-1)67(50-37-39-65-59(44-50)57-31-15-19-35-63(57)69(65)48-25-9-3-10-26-48)52-41-53(43-54(42-52)71-61-33-17-13-29-55(61)56-30-14-18-34-62(56)71)68(47-23-7-2-8-24-47)51-38-40-66-60(45-51)58-32-16-20-36-64(58)70(66)49-27-11-4-12-28-49;1-3-9-18(10-4-1)25-19-15-16-24-22(17-19)21-13-7-8-14-23(21)26(24)20-11-5-2-6-12-20;19-12-9-13(20)11-14(10-12)21-17-7-3-1-5-15(17)16-6-2-4-8-18(16)21/h1-45H;1-17,25H;1-11H. The Labute approximate surface area is 699 Å². The zero-order valence-corrected chi connectivity index (χ0v) is 67.2. The van der Waals surface area contributed by atoms with Crippen molar-refractivity contribution in [3.63, 3.8) is 0 Å². The molecule has 118 heavy (non-hydrogen) atoms. The van der Waals surface area contributed by atoms with Crippen molar-refractivity contribution in [3.05, 3.63) is 452 Å². The maximum absolute atomic E-state index is 3.58. The van der Waals surface area contributed by atoms with Crippen molar-refractivity contribution in [3.8, 4) is 28.4 Å². The van der Waals surface area contributed by atoms with E-state index in [1.165, 1.54) is 92.6 Å². The van der Waals surface area contributed by atoms with Gasteiger partial charge >= 0.3 is 0 Å². The molecule has 0 spiro atoms. The average molecular weight is 1640 g/mol. The Balaban J connectivity index is 0.000000148.